The van der Waals surface area contributed by atoms with Crippen LogP contribution in [0.2, 0.25) is 0 Å². The van der Waals surface area contributed by atoms with Crippen LogP contribution in [0.1, 0.15) is 0 Å². The summed E-state index contributed by atoms with van der Waals surface area (Å²) in [5.74, 6) is 0. The first-order valence-electron chi connectivity index (χ1n) is 3.46. The fourth-order valence-electron chi connectivity index (χ4n) is 1.02. The van der Waals surface area contributed by atoms with E-state index in [2.05, 4.69) is 0 Å². The van der Waals surface area contributed by atoms with Crippen molar-refractivity contribution >= 4 is 17.1 Å². The molecule has 0 aliphatic heterocycles. The molecule has 0 heterocycles. The van der Waals surface area contributed by atoms with Crippen LogP contribution in [0.15, 0.2) is 23.5 Å². The number of nitrogens with two attached hydrogens (primary N) is 1. The van der Waals surface area contributed by atoms with E-state index < -0.39 is 11.0 Å². The van der Waals surface area contributed by atoms with Gasteiger partial charge in [0.05, 0.1) is 4.92 Å². The minimum Gasteiger partial charge on any atom is -0.400 e. The summed E-state index contributed by atoms with van der Waals surface area (Å²) in [5.41, 5.74) is 5.78. The fourth-order valence-corrected chi connectivity index (χ4v) is 1.40. The van der Waals surface area contributed by atoms with E-state index in [9.17, 15) is 10.1 Å². The van der Waals surface area contributed by atoms with Crippen LogP contribution in [-0.4, -0.2) is 23.0 Å². The van der Waals surface area contributed by atoms with Gasteiger partial charge in [0.25, 0.3) is 5.70 Å². The first kappa shape index (κ1) is 9.82. The summed E-state index contributed by atoms with van der Waals surface area (Å²) in [4.78, 5) is 10.0. The molecule has 6 heteroatoms. The molecule has 0 fully saturated rings. The summed E-state index contributed by atoms with van der Waals surface area (Å²) in [6, 6.07) is 0. The Balaban J connectivity index is 3.04. The van der Waals surface area contributed by atoms with Crippen LogP contribution >= 0.6 is 12.2 Å². The molecule has 0 aromatic carbocycles. The molecule has 5 nitrogen and oxygen atoms in total. The standard InChI is InChI=1S/C7H8N2O3S/c1-12-6-4(8)2-3-5(7(6)13)9(10)11/h2-3,6H,8H2,1H3. The molecular weight excluding hydrogens is 192 g/mol. The van der Waals surface area contributed by atoms with E-state index in [1.807, 2.05) is 0 Å². The van der Waals surface area contributed by atoms with E-state index in [0.717, 1.165) is 0 Å². The van der Waals surface area contributed by atoms with Gasteiger partial charge >= 0.3 is 0 Å². The molecule has 0 spiro atoms. The lowest BCUT2D eigenvalue weighted by atomic mass is 10.1. The molecule has 0 saturated carbocycles. The maximum absolute atomic E-state index is 10.5. The first-order valence-corrected chi connectivity index (χ1v) is 3.87. The highest BCUT2D eigenvalue weighted by atomic mass is 32.1. The summed E-state index contributed by atoms with van der Waals surface area (Å²) >= 11 is 4.85. The van der Waals surface area contributed by atoms with Crippen molar-refractivity contribution < 1.29 is 9.66 Å². The van der Waals surface area contributed by atoms with Crippen molar-refractivity contribution in [2.24, 2.45) is 5.73 Å². The van der Waals surface area contributed by atoms with Crippen LogP contribution in [-0.2, 0) is 4.74 Å². The number of rotatable bonds is 2. The van der Waals surface area contributed by atoms with Gasteiger partial charge in [0, 0.05) is 18.9 Å². The zero-order valence-corrected chi connectivity index (χ0v) is 7.71. The lowest BCUT2D eigenvalue weighted by Crippen LogP contribution is -2.33. The van der Waals surface area contributed by atoms with Crippen molar-refractivity contribution in [3.63, 3.8) is 0 Å². The van der Waals surface area contributed by atoms with Gasteiger partial charge < -0.3 is 10.5 Å². The fraction of sp³-hybridized carbons (Fsp3) is 0.286. The van der Waals surface area contributed by atoms with Crippen molar-refractivity contribution in [3.05, 3.63) is 33.7 Å². The Hall–Kier alpha value is -1.27. The number of allylic oxidation sites excluding steroid dienone is 2. The van der Waals surface area contributed by atoms with E-state index >= 15 is 0 Å². The highest BCUT2D eigenvalue weighted by Crippen LogP contribution is 2.16. The summed E-state index contributed by atoms with van der Waals surface area (Å²) in [6.07, 6.45) is 2.07. The van der Waals surface area contributed by atoms with Crippen LogP contribution in [0.3, 0.4) is 0 Å². The molecular formula is C7H8N2O3S. The van der Waals surface area contributed by atoms with Gasteiger partial charge in [-0.2, -0.15) is 0 Å². The van der Waals surface area contributed by atoms with E-state index in [1.54, 1.807) is 0 Å². The lowest BCUT2D eigenvalue weighted by molar-refractivity contribution is -0.415. The quantitative estimate of drug-likeness (QED) is 0.396. The average molecular weight is 200 g/mol. The Morgan fingerprint density at radius 3 is 2.77 bits per heavy atom. The zero-order valence-electron chi connectivity index (χ0n) is 6.89. The minimum absolute atomic E-state index is 0.118. The Kier molecular flexibility index (Phi) is 2.74. The van der Waals surface area contributed by atoms with Gasteiger partial charge in [-0.25, -0.2) is 0 Å². The van der Waals surface area contributed by atoms with Crippen molar-refractivity contribution in [3.8, 4) is 0 Å². The number of nitro groups is 1. The second-order valence-corrected chi connectivity index (χ2v) is 2.90. The highest BCUT2D eigenvalue weighted by molar-refractivity contribution is 7.81. The average Bonchev–Trinajstić information content (AvgIpc) is 2.04. The van der Waals surface area contributed by atoms with E-state index in [1.165, 1.54) is 19.3 Å². The molecule has 2 N–H and O–H groups in total. The van der Waals surface area contributed by atoms with Crippen LogP contribution in [0.25, 0.3) is 0 Å². The lowest BCUT2D eigenvalue weighted by Gasteiger charge is -2.17. The smallest absolute Gasteiger partial charge is 0.286 e. The topological polar surface area (TPSA) is 78.4 Å². The van der Waals surface area contributed by atoms with Gasteiger partial charge in [-0.1, -0.05) is 12.2 Å². The molecule has 1 aliphatic rings. The van der Waals surface area contributed by atoms with Crippen molar-refractivity contribution in [1.82, 2.24) is 0 Å². The third-order valence-electron chi connectivity index (χ3n) is 1.66. The number of methoxy groups -OCH3 is 1. The monoisotopic (exact) mass is 200 g/mol. The molecule has 1 aliphatic carbocycles. The third kappa shape index (κ3) is 1.73. The largest absolute Gasteiger partial charge is 0.400 e. The van der Waals surface area contributed by atoms with Crippen LogP contribution in [0.5, 0.6) is 0 Å². The SMILES string of the molecule is COC1C(=S)C([N+](=O)[O-])=CC=C1N. The van der Waals surface area contributed by atoms with Crippen molar-refractivity contribution in [2.75, 3.05) is 7.11 Å². The minimum atomic E-state index is -0.652. The Labute approximate surface area is 80.0 Å². The van der Waals surface area contributed by atoms with Gasteiger partial charge in [-0.3, -0.25) is 10.1 Å². The molecule has 13 heavy (non-hydrogen) atoms. The molecule has 0 amide bonds. The molecule has 0 bridgehead atoms. The second-order valence-electron chi connectivity index (χ2n) is 2.46. The molecule has 1 unspecified atom stereocenters. The van der Waals surface area contributed by atoms with E-state index in [4.69, 9.17) is 22.7 Å². The predicted molar refractivity (Wildman–Crippen MR) is 50.7 cm³/mol. The molecule has 70 valence electrons. The summed E-state index contributed by atoms with van der Waals surface area (Å²) in [6.45, 7) is 0. The van der Waals surface area contributed by atoms with Gasteiger partial charge in [0.1, 0.15) is 11.0 Å². The summed E-state index contributed by atoms with van der Waals surface area (Å²) in [5, 5.41) is 10.5. The Morgan fingerprint density at radius 1 is 1.69 bits per heavy atom. The third-order valence-corrected chi connectivity index (χ3v) is 2.08. The number of nitrogens with zero attached hydrogens (tertiary/aromatic N) is 1. The molecule has 1 atom stereocenters. The molecule has 0 aromatic rings. The second kappa shape index (κ2) is 3.63. The van der Waals surface area contributed by atoms with Gasteiger partial charge in [0.2, 0.25) is 0 Å². The van der Waals surface area contributed by atoms with Crippen LogP contribution < -0.4 is 5.73 Å². The van der Waals surface area contributed by atoms with Crippen LogP contribution in [0.4, 0.5) is 0 Å². The highest BCUT2D eigenvalue weighted by Gasteiger charge is 2.30. The number of hydrogen-bond donors (Lipinski definition) is 1. The molecule has 0 radical (unpaired) electrons. The summed E-state index contributed by atoms with van der Waals surface area (Å²) < 4.78 is 4.92. The normalized spacial score (nSPS) is 22.2. The maximum Gasteiger partial charge on any atom is 0.286 e. The number of hydrogen-bond acceptors (Lipinski definition) is 5. The van der Waals surface area contributed by atoms with Gasteiger partial charge in [0.15, 0.2) is 0 Å². The van der Waals surface area contributed by atoms with Gasteiger partial charge in [-0.15, -0.1) is 0 Å². The van der Waals surface area contributed by atoms with Crippen molar-refractivity contribution in [1.29, 1.82) is 0 Å². The Morgan fingerprint density at radius 2 is 2.31 bits per heavy atom. The van der Waals surface area contributed by atoms with E-state index in [0.29, 0.717) is 5.70 Å². The molecule has 1 rings (SSSR count). The number of ether oxygens (including phenoxy) is 1. The molecule has 0 saturated heterocycles. The van der Waals surface area contributed by atoms with Gasteiger partial charge in [-0.05, 0) is 6.08 Å². The van der Waals surface area contributed by atoms with Crippen LogP contribution in [0, 0.1) is 10.1 Å². The number of thiocarbonyl (C=S) groups is 1. The predicted octanol–water partition coefficient (Wildman–Crippen LogP) is 0.388. The zero-order chi connectivity index (χ0) is 10.0. The van der Waals surface area contributed by atoms with E-state index in [-0.39, 0.29) is 10.6 Å². The maximum atomic E-state index is 10.5. The first-order chi connectivity index (χ1) is 6.07. The summed E-state index contributed by atoms with van der Waals surface area (Å²) in [7, 11) is 1.40. The van der Waals surface area contributed by atoms with Crippen molar-refractivity contribution in [2.45, 2.75) is 6.10 Å². The Bertz CT molecular complexity index is 322. The molecule has 0 aromatic heterocycles.